The molecule has 2 fully saturated rings. The molecule has 7 heteroatoms. The lowest BCUT2D eigenvalue weighted by Gasteiger charge is -2.31. The van der Waals surface area contributed by atoms with Gasteiger partial charge in [0.05, 0.1) is 5.75 Å². The van der Waals surface area contributed by atoms with Crippen LogP contribution in [0.1, 0.15) is 31.2 Å². The number of likely N-dealkylation sites (tertiary alicyclic amines) is 1. The van der Waals surface area contributed by atoms with E-state index in [0.717, 1.165) is 31.2 Å². The smallest absolute Gasteiger partial charge is 0.410 e. The fourth-order valence-electron chi connectivity index (χ4n) is 4.11. The van der Waals surface area contributed by atoms with E-state index in [0.29, 0.717) is 6.54 Å². The quantitative estimate of drug-likeness (QED) is 0.881. The molecule has 1 saturated carbocycles. The maximum atomic E-state index is 12.5. The minimum atomic E-state index is -3.30. The first-order valence-electron chi connectivity index (χ1n) is 8.34. The van der Waals surface area contributed by atoms with Gasteiger partial charge in [-0.25, -0.2) is 17.9 Å². The van der Waals surface area contributed by atoms with E-state index in [1.165, 1.54) is 7.05 Å². The summed E-state index contributed by atoms with van der Waals surface area (Å²) in [6, 6.07) is 9.52. The first kappa shape index (κ1) is 17.2. The van der Waals surface area contributed by atoms with Crippen LogP contribution in [-0.4, -0.2) is 44.8 Å². The Balaban J connectivity index is 1.66. The van der Waals surface area contributed by atoms with Crippen LogP contribution in [0.3, 0.4) is 0 Å². The first-order chi connectivity index (χ1) is 11.5. The Labute approximate surface area is 143 Å². The summed E-state index contributed by atoms with van der Waals surface area (Å²) in [5, 5.41) is 0. The van der Waals surface area contributed by atoms with Gasteiger partial charge in [0.15, 0.2) is 0 Å². The first-order valence-corrected chi connectivity index (χ1v) is 10.00. The summed E-state index contributed by atoms with van der Waals surface area (Å²) in [5.41, 5.74) is 0.619. The van der Waals surface area contributed by atoms with Crippen LogP contribution in [0.25, 0.3) is 0 Å². The van der Waals surface area contributed by atoms with Crippen LogP contribution in [-0.2, 0) is 21.4 Å². The third-order valence-electron chi connectivity index (χ3n) is 5.31. The number of carbonyl (C=O) groups is 1. The average molecular weight is 352 g/mol. The van der Waals surface area contributed by atoms with Gasteiger partial charge in [0, 0.05) is 18.0 Å². The van der Waals surface area contributed by atoms with Crippen molar-refractivity contribution in [3.63, 3.8) is 0 Å². The molecule has 0 spiro atoms. The number of hydrogen-bond acceptors (Lipinski definition) is 4. The van der Waals surface area contributed by atoms with Crippen LogP contribution in [0.2, 0.25) is 0 Å². The SMILES string of the molecule is CNS(=O)(=O)CC12CCCC1N(C(=O)OCc1ccccc1)CC2. The molecular weight excluding hydrogens is 328 g/mol. The molecule has 1 N–H and O–H groups in total. The van der Waals surface area contributed by atoms with Crippen LogP contribution in [0.5, 0.6) is 0 Å². The van der Waals surface area contributed by atoms with Crippen molar-refractivity contribution in [2.75, 3.05) is 19.3 Å². The minimum absolute atomic E-state index is 0.0381. The van der Waals surface area contributed by atoms with Gasteiger partial charge >= 0.3 is 6.09 Å². The summed E-state index contributed by atoms with van der Waals surface area (Å²) in [6.07, 6.45) is 3.03. The molecule has 2 aliphatic rings. The molecule has 2 atom stereocenters. The molecule has 1 aliphatic carbocycles. The molecule has 1 saturated heterocycles. The zero-order valence-electron chi connectivity index (χ0n) is 13.9. The lowest BCUT2D eigenvalue weighted by atomic mass is 9.84. The number of benzene rings is 1. The zero-order chi connectivity index (χ0) is 17.2. The van der Waals surface area contributed by atoms with E-state index in [-0.39, 0.29) is 29.9 Å². The summed E-state index contributed by atoms with van der Waals surface area (Å²) >= 11 is 0. The van der Waals surface area contributed by atoms with Gasteiger partial charge in [0.25, 0.3) is 0 Å². The normalized spacial score (nSPS) is 26.4. The third-order valence-corrected chi connectivity index (χ3v) is 6.89. The number of fused-ring (bicyclic) bond motifs is 1. The van der Waals surface area contributed by atoms with Gasteiger partial charge in [-0.15, -0.1) is 0 Å². The number of hydrogen-bond donors (Lipinski definition) is 1. The van der Waals surface area contributed by atoms with E-state index in [1.54, 1.807) is 4.90 Å². The van der Waals surface area contributed by atoms with Gasteiger partial charge in [-0.2, -0.15) is 0 Å². The Kier molecular flexibility index (Phi) is 4.83. The Bertz CT molecular complexity index is 692. The van der Waals surface area contributed by atoms with E-state index in [9.17, 15) is 13.2 Å². The van der Waals surface area contributed by atoms with Crippen LogP contribution >= 0.6 is 0 Å². The number of nitrogens with zero attached hydrogens (tertiary/aromatic N) is 1. The molecule has 1 aromatic rings. The van der Waals surface area contributed by atoms with Crippen LogP contribution < -0.4 is 4.72 Å². The minimum Gasteiger partial charge on any atom is -0.445 e. The predicted octanol–water partition coefficient (Wildman–Crippen LogP) is 2.12. The molecule has 2 unspecified atom stereocenters. The molecule has 3 rings (SSSR count). The van der Waals surface area contributed by atoms with Gasteiger partial charge in [0.1, 0.15) is 6.61 Å². The van der Waals surface area contributed by atoms with Gasteiger partial charge in [0.2, 0.25) is 10.0 Å². The van der Waals surface area contributed by atoms with Crippen molar-refractivity contribution in [2.24, 2.45) is 5.41 Å². The topological polar surface area (TPSA) is 75.7 Å². The number of sulfonamides is 1. The van der Waals surface area contributed by atoms with Crippen molar-refractivity contribution < 1.29 is 17.9 Å². The highest BCUT2D eigenvalue weighted by Crippen LogP contribution is 2.49. The molecule has 6 nitrogen and oxygen atoms in total. The second-order valence-electron chi connectivity index (χ2n) is 6.72. The van der Waals surface area contributed by atoms with Crippen LogP contribution in [0.15, 0.2) is 30.3 Å². The highest BCUT2D eigenvalue weighted by atomic mass is 32.2. The maximum absolute atomic E-state index is 12.5. The molecule has 0 radical (unpaired) electrons. The Morgan fingerprint density at radius 2 is 2.08 bits per heavy atom. The number of amides is 1. The summed E-state index contributed by atoms with van der Waals surface area (Å²) in [6.45, 7) is 0.808. The van der Waals surface area contributed by atoms with Crippen LogP contribution in [0.4, 0.5) is 4.79 Å². The number of nitrogens with one attached hydrogen (secondary N) is 1. The van der Waals surface area contributed by atoms with Crippen molar-refractivity contribution in [3.8, 4) is 0 Å². The molecule has 1 aliphatic heterocycles. The molecule has 0 aromatic heterocycles. The van der Waals surface area contributed by atoms with E-state index >= 15 is 0 Å². The van der Waals surface area contributed by atoms with Crippen molar-refractivity contribution in [3.05, 3.63) is 35.9 Å². The van der Waals surface area contributed by atoms with Crippen LogP contribution in [0, 0.1) is 5.41 Å². The summed E-state index contributed by atoms with van der Waals surface area (Å²) in [7, 11) is -1.86. The monoisotopic (exact) mass is 352 g/mol. The third kappa shape index (κ3) is 3.42. The highest BCUT2D eigenvalue weighted by molar-refractivity contribution is 7.89. The molecule has 0 bridgehead atoms. The molecule has 1 amide bonds. The summed E-state index contributed by atoms with van der Waals surface area (Å²) in [4.78, 5) is 14.2. The van der Waals surface area contributed by atoms with E-state index < -0.39 is 10.0 Å². The Hall–Kier alpha value is -1.60. The average Bonchev–Trinajstić information content (AvgIpc) is 3.11. The van der Waals surface area contributed by atoms with E-state index in [4.69, 9.17) is 4.74 Å². The van der Waals surface area contributed by atoms with Crippen molar-refractivity contribution in [1.29, 1.82) is 0 Å². The van der Waals surface area contributed by atoms with Gasteiger partial charge < -0.3 is 9.64 Å². The summed E-state index contributed by atoms with van der Waals surface area (Å²) in [5.74, 6) is 0.0869. The van der Waals surface area contributed by atoms with Crippen molar-refractivity contribution in [2.45, 2.75) is 38.3 Å². The predicted molar refractivity (Wildman–Crippen MR) is 90.9 cm³/mol. The summed E-state index contributed by atoms with van der Waals surface area (Å²) < 4.78 is 31.9. The number of ether oxygens (including phenoxy) is 1. The highest BCUT2D eigenvalue weighted by Gasteiger charge is 2.54. The standard InChI is InChI=1S/C17H24N2O4S/c1-18-24(21,22)13-17-9-5-8-15(17)19(11-10-17)16(20)23-12-14-6-3-2-4-7-14/h2-4,6-7,15,18H,5,8-13H2,1H3. The molecule has 1 heterocycles. The maximum Gasteiger partial charge on any atom is 0.410 e. The van der Waals surface area contributed by atoms with Gasteiger partial charge in [-0.05, 0) is 31.9 Å². The Morgan fingerprint density at radius 1 is 1.33 bits per heavy atom. The largest absolute Gasteiger partial charge is 0.445 e. The van der Waals surface area contributed by atoms with Gasteiger partial charge in [-0.1, -0.05) is 36.8 Å². The number of carbonyl (C=O) groups excluding carboxylic acids is 1. The van der Waals surface area contributed by atoms with Gasteiger partial charge in [-0.3, -0.25) is 0 Å². The van der Waals surface area contributed by atoms with Crippen molar-refractivity contribution >= 4 is 16.1 Å². The fourth-order valence-corrected chi connectivity index (χ4v) is 5.49. The second-order valence-corrected chi connectivity index (χ2v) is 8.64. The molecule has 24 heavy (non-hydrogen) atoms. The Morgan fingerprint density at radius 3 is 2.79 bits per heavy atom. The van der Waals surface area contributed by atoms with E-state index in [2.05, 4.69) is 4.72 Å². The molecule has 132 valence electrons. The lowest BCUT2D eigenvalue weighted by molar-refractivity contribution is 0.0853. The number of rotatable bonds is 5. The molecular formula is C17H24N2O4S. The van der Waals surface area contributed by atoms with Crippen molar-refractivity contribution in [1.82, 2.24) is 9.62 Å². The van der Waals surface area contributed by atoms with E-state index in [1.807, 2.05) is 30.3 Å². The second kappa shape index (κ2) is 6.72. The lowest BCUT2D eigenvalue weighted by Crippen LogP contribution is -2.44. The molecule has 1 aromatic carbocycles. The fraction of sp³-hybridized carbons (Fsp3) is 0.588. The zero-order valence-corrected chi connectivity index (χ0v) is 14.7.